The predicted octanol–water partition coefficient (Wildman–Crippen LogP) is 4.74. The molecule has 7 heteroatoms. The van der Waals surface area contributed by atoms with E-state index < -0.39 is 35.0 Å². The van der Waals surface area contributed by atoms with Gasteiger partial charge in [0.25, 0.3) is 11.8 Å². The Labute approximate surface area is 209 Å². The van der Waals surface area contributed by atoms with Crippen molar-refractivity contribution in [3.05, 3.63) is 91.0 Å². The minimum atomic E-state index is -1.68. The zero-order valence-electron chi connectivity index (χ0n) is 20.0. The number of imide groups is 1. The molecule has 182 valence electrons. The summed E-state index contributed by atoms with van der Waals surface area (Å²) in [6.45, 7) is 1.97. The first-order valence-electron chi connectivity index (χ1n) is 12.2. The lowest BCUT2D eigenvalue weighted by Gasteiger charge is -2.29. The van der Waals surface area contributed by atoms with E-state index in [2.05, 4.69) is 0 Å². The quantitative estimate of drug-likeness (QED) is 0.361. The van der Waals surface area contributed by atoms with E-state index in [4.69, 9.17) is 0 Å². The Hall–Kier alpha value is -4.26. The number of unbranched alkanes of at least 4 members (excludes halogenated alkanes) is 1. The van der Waals surface area contributed by atoms with Gasteiger partial charge in [0.05, 0.1) is 23.0 Å². The maximum absolute atomic E-state index is 14.4. The first-order valence-corrected chi connectivity index (χ1v) is 12.2. The second-order valence-corrected chi connectivity index (χ2v) is 9.14. The minimum Gasteiger partial charge on any atom is -0.274 e. The minimum absolute atomic E-state index is 0.181. The second-order valence-electron chi connectivity index (χ2n) is 9.14. The molecular weight excluding hydrogens is 454 g/mol. The van der Waals surface area contributed by atoms with E-state index in [-0.39, 0.29) is 12.8 Å². The van der Waals surface area contributed by atoms with Crippen LogP contribution in [-0.2, 0) is 19.2 Å². The average Bonchev–Trinajstić information content (AvgIpc) is 3.33. The van der Waals surface area contributed by atoms with Crippen LogP contribution in [0, 0.1) is 11.3 Å². The highest BCUT2D eigenvalue weighted by Crippen LogP contribution is 2.50. The molecule has 5 rings (SSSR count). The highest BCUT2D eigenvalue weighted by molar-refractivity contribution is 6.31. The van der Waals surface area contributed by atoms with Gasteiger partial charge in [-0.2, -0.15) is 0 Å². The fourth-order valence-corrected chi connectivity index (χ4v) is 5.26. The molecule has 2 aliphatic rings. The summed E-state index contributed by atoms with van der Waals surface area (Å²) in [6, 6.07) is 26.5. The Balaban J connectivity index is 1.66. The standard InChI is InChI=1S/C29H27N3O4/c1-2-3-19-29(24-20-25(33)30(26(24)34)21-13-7-4-8-14-21)27(35)31(22-15-9-5-10-16-22)32(28(29)36)23-17-11-6-12-18-23/h4-18,24H,2-3,19-20H2,1H3. The Morgan fingerprint density at radius 2 is 1.14 bits per heavy atom. The number of hydrogen-bond donors (Lipinski definition) is 0. The molecule has 0 saturated carbocycles. The third kappa shape index (κ3) is 3.59. The zero-order valence-corrected chi connectivity index (χ0v) is 20.0. The van der Waals surface area contributed by atoms with Crippen molar-refractivity contribution >= 4 is 40.7 Å². The van der Waals surface area contributed by atoms with E-state index in [0.29, 0.717) is 23.5 Å². The van der Waals surface area contributed by atoms with Crippen LogP contribution >= 0.6 is 0 Å². The van der Waals surface area contributed by atoms with Gasteiger partial charge in [0.1, 0.15) is 5.41 Å². The number of hydrogen-bond acceptors (Lipinski definition) is 4. The average molecular weight is 482 g/mol. The number of carbonyl (C=O) groups excluding carboxylic acids is 4. The molecule has 2 aliphatic heterocycles. The van der Waals surface area contributed by atoms with Gasteiger partial charge in [0.15, 0.2) is 0 Å². The van der Waals surface area contributed by atoms with Crippen LogP contribution in [0.3, 0.4) is 0 Å². The molecule has 2 heterocycles. The lowest BCUT2D eigenvalue weighted by molar-refractivity contribution is -0.144. The molecule has 1 unspecified atom stereocenters. The van der Waals surface area contributed by atoms with Crippen LogP contribution in [0.1, 0.15) is 32.6 Å². The number of hydrazine groups is 1. The Kier molecular flexibility index (Phi) is 6.14. The fourth-order valence-electron chi connectivity index (χ4n) is 5.26. The summed E-state index contributed by atoms with van der Waals surface area (Å²) in [5.41, 5.74) is -0.194. The predicted molar refractivity (Wildman–Crippen MR) is 137 cm³/mol. The first kappa shape index (κ1) is 23.5. The largest absolute Gasteiger partial charge is 0.274 e. The summed E-state index contributed by atoms with van der Waals surface area (Å²) >= 11 is 0. The number of amides is 4. The van der Waals surface area contributed by atoms with E-state index in [1.807, 2.05) is 19.1 Å². The van der Waals surface area contributed by atoms with Crippen LogP contribution in [-0.4, -0.2) is 23.6 Å². The van der Waals surface area contributed by atoms with Gasteiger partial charge in [-0.15, -0.1) is 0 Å². The molecule has 0 radical (unpaired) electrons. The lowest BCUT2D eigenvalue weighted by atomic mass is 9.70. The third-order valence-corrected chi connectivity index (χ3v) is 7.03. The molecule has 4 amide bonds. The molecule has 3 aromatic carbocycles. The summed E-state index contributed by atoms with van der Waals surface area (Å²) in [5, 5.41) is 2.74. The Morgan fingerprint density at radius 3 is 1.58 bits per heavy atom. The van der Waals surface area contributed by atoms with Crippen LogP contribution in [0.25, 0.3) is 0 Å². The van der Waals surface area contributed by atoms with E-state index in [9.17, 15) is 19.2 Å². The number of benzene rings is 3. The second kappa shape index (κ2) is 9.41. The van der Waals surface area contributed by atoms with Gasteiger partial charge < -0.3 is 0 Å². The monoisotopic (exact) mass is 481 g/mol. The van der Waals surface area contributed by atoms with Crippen molar-refractivity contribution in [3.8, 4) is 0 Å². The smallest absolute Gasteiger partial charge is 0.262 e. The van der Waals surface area contributed by atoms with Crippen molar-refractivity contribution < 1.29 is 19.2 Å². The SMILES string of the molecule is CCCCC1(C2CC(=O)N(c3ccccc3)C2=O)C(=O)N(c2ccccc2)N(c2ccccc2)C1=O. The van der Waals surface area contributed by atoms with Gasteiger partial charge in [-0.1, -0.05) is 74.4 Å². The molecule has 0 bridgehead atoms. The first-order chi connectivity index (χ1) is 17.5. The van der Waals surface area contributed by atoms with Crippen LogP contribution in [0.5, 0.6) is 0 Å². The molecule has 2 saturated heterocycles. The molecule has 0 aromatic heterocycles. The van der Waals surface area contributed by atoms with E-state index in [1.54, 1.807) is 78.9 Å². The van der Waals surface area contributed by atoms with Crippen LogP contribution in [0.2, 0.25) is 0 Å². The van der Waals surface area contributed by atoms with Crippen molar-refractivity contribution in [2.45, 2.75) is 32.6 Å². The molecule has 1 atom stereocenters. The molecule has 0 spiro atoms. The molecule has 0 N–H and O–H groups in total. The van der Waals surface area contributed by atoms with Crippen LogP contribution in [0.15, 0.2) is 91.0 Å². The number of para-hydroxylation sites is 3. The van der Waals surface area contributed by atoms with Gasteiger partial charge in [0, 0.05) is 6.42 Å². The van der Waals surface area contributed by atoms with E-state index in [0.717, 1.165) is 11.3 Å². The maximum Gasteiger partial charge on any atom is 0.262 e. The molecule has 0 aliphatic carbocycles. The van der Waals surface area contributed by atoms with E-state index in [1.165, 1.54) is 10.0 Å². The summed E-state index contributed by atoms with van der Waals surface area (Å²) in [4.78, 5) is 56.9. The van der Waals surface area contributed by atoms with Crippen molar-refractivity contribution in [3.63, 3.8) is 0 Å². The molecule has 36 heavy (non-hydrogen) atoms. The Morgan fingerprint density at radius 1 is 0.694 bits per heavy atom. The van der Waals surface area contributed by atoms with Crippen molar-refractivity contribution in [2.24, 2.45) is 11.3 Å². The van der Waals surface area contributed by atoms with Gasteiger partial charge in [-0.3, -0.25) is 24.1 Å². The topological polar surface area (TPSA) is 78.0 Å². The molecule has 2 fully saturated rings. The summed E-state index contributed by atoms with van der Waals surface area (Å²) < 4.78 is 0. The van der Waals surface area contributed by atoms with Crippen molar-refractivity contribution in [1.82, 2.24) is 0 Å². The number of anilines is 3. The number of carbonyl (C=O) groups is 4. The van der Waals surface area contributed by atoms with Gasteiger partial charge in [-0.05, 0) is 42.8 Å². The highest BCUT2D eigenvalue weighted by Gasteiger charge is 2.67. The number of nitrogens with zero attached hydrogens (tertiary/aromatic N) is 3. The summed E-state index contributed by atoms with van der Waals surface area (Å²) in [7, 11) is 0. The van der Waals surface area contributed by atoms with Gasteiger partial charge >= 0.3 is 0 Å². The number of rotatable bonds is 7. The third-order valence-electron chi connectivity index (χ3n) is 7.03. The lowest BCUT2D eigenvalue weighted by Crippen LogP contribution is -2.47. The molecular formula is C29H27N3O4. The van der Waals surface area contributed by atoms with E-state index >= 15 is 0 Å². The zero-order chi connectivity index (χ0) is 25.3. The van der Waals surface area contributed by atoms with Crippen LogP contribution < -0.4 is 14.9 Å². The van der Waals surface area contributed by atoms with Gasteiger partial charge in [-0.25, -0.2) is 10.0 Å². The Bertz CT molecular complexity index is 1240. The van der Waals surface area contributed by atoms with Crippen molar-refractivity contribution in [1.29, 1.82) is 0 Å². The summed E-state index contributed by atoms with van der Waals surface area (Å²) in [6.07, 6.45) is 1.28. The van der Waals surface area contributed by atoms with Crippen LogP contribution in [0.4, 0.5) is 17.1 Å². The summed E-state index contributed by atoms with van der Waals surface area (Å²) in [5.74, 6) is -2.95. The molecule has 7 nitrogen and oxygen atoms in total. The normalized spacial score (nSPS) is 19.5. The fraction of sp³-hybridized carbons (Fsp3) is 0.241. The van der Waals surface area contributed by atoms with Gasteiger partial charge in [0.2, 0.25) is 11.8 Å². The van der Waals surface area contributed by atoms with Crippen molar-refractivity contribution in [2.75, 3.05) is 14.9 Å². The maximum atomic E-state index is 14.4. The molecule has 3 aromatic rings. The highest BCUT2D eigenvalue weighted by atomic mass is 16.2.